The molecule has 14 heavy (non-hydrogen) atoms. The molecule has 0 unspecified atom stereocenters. The van der Waals surface area contributed by atoms with Crippen LogP contribution < -0.4 is 5.73 Å². The van der Waals surface area contributed by atoms with Crippen molar-refractivity contribution in [1.29, 1.82) is 0 Å². The zero-order valence-corrected chi connectivity index (χ0v) is 9.03. The van der Waals surface area contributed by atoms with Crippen molar-refractivity contribution in [3.8, 4) is 0 Å². The zero-order chi connectivity index (χ0) is 10.6. The Balaban J connectivity index is 2.79. The summed E-state index contributed by atoms with van der Waals surface area (Å²) in [5.41, 5.74) is 6.29. The lowest BCUT2D eigenvalue weighted by atomic mass is 10.4. The van der Waals surface area contributed by atoms with Gasteiger partial charge in [0.1, 0.15) is 6.21 Å². The van der Waals surface area contributed by atoms with E-state index in [1.165, 1.54) is 0 Å². The fraction of sp³-hybridized carbons (Fsp3) is 0.222. The van der Waals surface area contributed by atoms with E-state index >= 15 is 0 Å². The van der Waals surface area contributed by atoms with Crippen molar-refractivity contribution in [3.05, 3.63) is 30.1 Å². The fourth-order valence-corrected chi connectivity index (χ4v) is 0.760. The molecule has 0 bridgehead atoms. The van der Waals surface area contributed by atoms with E-state index in [4.69, 9.17) is 18.0 Å². The highest BCUT2D eigenvalue weighted by atomic mass is 32.1. The van der Waals surface area contributed by atoms with Crippen LogP contribution in [0.4, 0.5) is 0 Å². The van der Waals surface area contributed by atoms with Crippen molar-refractivity contribution < 1.29 is 4.59 Å². The molecule has 0 aliphatic carbocycles. The summed E-state index contributed by atoms with van der Waals surface area (Å²) in [6.45, 7) is 0. The van der Waals surface area contributed by atoms with E-state index in [1.54, 1.807) is 12.4 Å². The standard InChI is InChI=1S/C9H12N4S/c1-13(2,9(10)14)12-7-8-5-3-4-6-11-8/h3-7H,1-2H3,(H-,10,14)/p+1/b12-7+. The highest BCUT2D eigenvalue weighted by Gasteiger charge is 2.17. The maximum Gasteiger partial charge on any atom is 0.293 e. The minimum atomic E-state index is 0.131. The van der Waals surface area contributed by atoms with Crippen LogP contribution in [0.15, 0.2) is 29.5 Å². The van der Waals surface area contributed by atoms with E-state index in [9.17, 15) is 0 Å². The number of nitrogens with zero attached hydrogens (tertiary/aromatic N) is 3. The van der Waals surface area contributed by atoms with Crippen LogP contribution in [0.2, 0.25) is 0 Å². The third-order valence-electron chi connectivity index (χ3n) is 1.71. The topological polar surface area (TPSA) is 51.3 Å². The molecule has 1 aromatic heterocycles. The largest absolute Gasteiger partial charge is 0.343 e. The maximum absolute atomic E-state index is 5.50. The van der Waals surface area contributed by atoms with Crippen LogP contribution in [-0.2, 0) is 0 Å². The Labute approximate surface area is 88.6 Å². The van der Waals surface area contributed by atoms with E-state index in [0.29, 0.717) is 5.11 Å². The summed E-state index contributed by atoms with van der Waals surface area (Å²) in [5, 5.41) is 4.53. The fourth-order valence-electron chi connectivity index (χ4n) is 0.713. The molecule has 0 atom stereocenters. The lowest BCUT2D eigenvalue weighted by Crippen LogP contribution is -2.44. The van der Waals surface area contributed by atoms with Gasteiger partial charge in [0, 0.05) is 18.4 Å². The lowest BCUT2D eigenvalue weighted by Gasteiger charge is -2.18. The Kier molecular flexibility index (Phi) is 3.27. The first-order valence-corrected chi connectivity index (χ1v) is 4.54. The quantitative estimate of drug-likeness (QED) is 0.338. The van der Waals surface area contributed by atoms with Gasteiger partial charge in [-0.1, -0.05) is 11.2 Å². The summed E-state index contributed by atoms with van der Waals surface area (Å²) < 4.78 is 0.131. The summed E-state index contributed by atoms with van der Waals surface area (Å²) >= 11 is 4.86. The van der Waals surface area contributed by atoms with Gasteiger partial charge in [-0.25, -0.2) is 0 Å². The Morgan fingerprint density at radius 1 is 1.57 bits per heavy atom. The van der Waals surface area contributed by atoms with Crippen LogP contribution in [0.1, 0.15) is 5.69 Å². The average Bonchev–Trinajstić information content (AvgIpc) is 2.16. The van der Waals surface area contributed by atoms with E-state index in [2.05, 4.69) is 10.1 Å². The van der Waals surface area contributed by atoms with Gasteiger partial charge in [0.2, 0.25) is 0 Å². The van der Waals surface area contributed by atoms with Crippen molar-refractivity contribution in [2.45, 2.75) is 0 Å². The second kappa shape index (κ2) is 4.26. The molecule has 0 aromatic carbocycles. The molecule has 1 heterocycles. The molecule has 1 rings (SSSR count). The molecule has 0 saturated carbocycles. The number of hydrogen-bond donors (Lipinski definition) is 1. The molecule has 0 aliphatic rings. The van der Waals surface area contributed by atoms with E-state index < -0.39 is 0 Å². The van der Waals surface area contributed by atoms with E-state index in [-0.39, 0.29) is 4.59 Å². The van der Waals surface area contributed by atoms with Crippen molar-refractivity contribution in [2.24, 2.45) is 10.8 Å². The van der Waals surface area contributed by atoms with Crippen molar-refractivity contribution in [3.63, 3.8) is 0 Å². The number of aromatic nitrogens is 1. The van der Waals surface area contributed by atoms with Crippen LogP contribution in [0.5, 0.6) is 0 Å². The molecule has 0 amide bonds. The number of pyridine rings is 1. The summed E-state index contributed by atoms with van der Waals surface area (Å²) in [6, 6.07) is 5.61. The van der Waals surface area contributed by atoms with Gasteiger partial charge in [-0.05, 0) is 12.1 Å². The number of thiocarbonyl (C=S) groups is 1. The molecule has 0 fully saturated rings. The highest BCUT2D eigenvalue weighted by molar-refractivity contribution is 7.79. The highest BCUT2D eigenvalue weighted by Crippen LogP contribution is 1.98. The first-order chi connectivity index (χ1) is 6.52. The smallest absolute Gasteiger partial charge is 0.293 e. The number of rotatable bonds is 2. The van der Waals surface area contributed by atoms with Gasteiger partial charge in [0.25, 0.3) is 5.11 Å². The van der Waals surface area contributed by atoms with Crippen LogP contribution in [0.25, 0.3) is 0 Å². The average molecular weight is 209 g/mol. The van der Waals surface area contributed by atoms with Crippen LogP contribution in [-0.4, -0.2) is 35.0 Å². The summed E-state index contributed by atoms with van der Waals surface area (Å²) in [4.78, 5) is 4.10. The first-order valence-electron chi connectivity index (χ1n) is 4.13. The summed E-state index contributed by atoms with van der Waals surface area (Å²) in [5.74, 6) is 0. The van der Waals surface area contributed by atoms with Crippen molar-refractivity contribution in [1.82, 2.24) is 4.98 Å². The minimum Gasteiger partial charge on any atom is -0.343 e. The van der Waals surface area contributed by atoms with Gasteiger partial charge in [0.15, 0.2) is 0 Å². The van der Waals surface area contributed by atoms with Crippen LogP contribution >= 0.6 is 12.2 Å². The Hall–Kier alpha value is -1.33. The monoisotopic (exact) mass is 209 g/mol. The number of hydrogen-bond acceptors (Lipinski definition) is 3. The Morgan fingerprint density at radius 2 is 2.29 bits per heavy atom. The molecule has 5 heteroatoms. The zero-order valence-electron chi connectivity index (χ0n) is 8.21. The predicted octanol–water partition coefficient (Wildman–Crippen LogP) is 0.735. The second-order valence-corrected chi connectivity index (χ2v) is 3.65. The molecule has 74 valence electrons. The number of quaternary nitrogens is 1. The van der Waals surface area contributed by atoms with Crippen LogP contribution in [0.3, 0.4) is 0 Å². The van der Waals surface area contributed by atoms with Crippen molar-refractivity contribution in [2.75, 3.05) is 14.1 Å². The predicted molar refractivity (Wildman–Crippen MR) is 60.7 cm³/mol. The van der Waals surface area contributed by atoms with Gasteiger partial charge >= 0.3 is 0 Å². The van der Waals surface area contributed by atoms with Gasteiger partial charge in [-0.2, -0.15) is 0 Å². The Bertz CT molecular complexity index is 345. The summed E-state index contributed by atoms with van der Waals surface area (Å²) in [6.07, 6.45) is 3.36. The maximum atomic E-state index is 5.50. The normalized spacial score (nSPS) is 11.9. The van der Waals surface area contributed by atoms with Gasteiger partial charge in [0.05, 0.1) is 19.8 Å². The van der Waals surface area contributed by atoms with Gasteiger partial charge in [-0.15, -0.1) is 4.59 Å². The molecule has 2 N–H and O–H groups in total. The number of nitrogens with two attached hydrogens (primary N) is 1. The summed E-state index contributed by atoms with van der Waals surface area (Å²) in [7, 11) is 3.61. The molecule has 0 aliphatic heterocycles. The van der Waals surface area contributed by atoms with Gasteiger partial charge < -0.3 is 5.73 Å². The van der Waals surface area contributed by atoms with E-state index in [0.717, 1.165) is 5.69 Å². The van der Waals surface area contributed by atoms with Crippen molar-refractivity contribution >= 4 is 23.5 Å². The minimum absolute atomic E-state index is 0.131. The molecule has 4 nitrogen and oxygen atoms in total. The van der Waals surface area contributed by atoms with Crippen LogP contribution in [0, 0.1) is 0 Å². The molecule has 0 saturated heterocycles. The Morgan fingerprint density at radius 3 is 2.79 bits per heavy atom. The second-order valence-electron chi connectivity index (χ2n) is 3.23. The molecule has 0 spiro atoms. The third-order valence-corrected chi connectivity index (χ3v) is 2.15. The third kappa shape index (κ3) is 2.86. The molecular weight excluding hydrogens is 196 g/mol. The molecular formula is C9H13N4S+. The van der Waals surface area contributed by atoms with E-state index in [1.807, 2.05) is 32.3 Å². The molecule has 0 radical (unpaired) electrons. The lowest BCUT2D eigenvalue weighted by molar-refractivity contribution is -0.804. The first kappa shape index (κ1) is 10.7. The SMILES string of the molecule is C[N+](C)(/N=C/c1ccccn1)C(N)=S. The molecule has 1 aromatic rings. The van der Waals surface area contributed by atoms with Gasteiger partial charge in [-0.3, -0.25) is 4.98 Å².